The third-order valence-electron chi connectivity index (χ3n) is 3.42. The number of rotatable bonds is 5. The van der Waals surface area contributed by atoms with E-state index in [1.54, 1.807) is 0 Å². The molecule has 1 fully saturated rings. The number of nitrogens with two attached hydrogens (primary N) is 1. The fourth-order valence-corrected chi connectivity index (χ4v) is 2.07. The number of aromatic nitrogens is 2. The van der Waals surface area contributed by atoms with E-state index in [1.807, 2.05) is 11.6 Å². The van der Waals surface area contributed by atoms with Gasteiger partial charge >= 0.3 is 0 Å². The quantitative estimate of drug-likeness (QED) is 0.803. The van der Waals surface area contributed by atoms with E-state index in [1.165, 1.54) is 6.42 Å². The van der Waals surface area contributed by atoms with E-state index in [2.05, 4.69) is 24.3 Å². The second-order valence-corrected chi connectivity index (χ2v) is 4.92. The molecule has 3 N–H and O–H groups in total. The van der Waals surface area contributed by atoms with Crippen LogP contribution in [-0.2, 0) is 6.54 Å². The van der Waals surface area contributed by atoms with Gasteiger partial charge < -0.3 is 11.1 Å². The van der Waals surface area contributed by atoms with Crippen molar-refractivity contribution in [3.63, 3.8) is 0 Å². The van der Waals surface area contributed by atoms with Crippen LogP contribution in [0.5, 0.6) is 0 Å². The molecule has 1 aromatic rings. The van der Waals surface area contributed by atoms with Crippen molar-refractivity contribution in [1.29, 1.82) is 0 Å². The third kappa shape index (κ3) is 2.15. The lowest BCUT2D eigenvalue weighted by molar-refractivity contribution is 0.601. The molecular formula is C12H22N4. The van der Waals surface area contributed by atoms with Gasteiger partial charge in [-0.1, -0.05) is 13.8 Å². The minimum Gasteiger partial charge on any atom is -0.394 e. The summed E-state index contributed by atoms with van der Waals surface area (Å²) in [6.45, 7) is 8.37. The lowest BCUT2D eigenvalue weighted by Crippen LogP contribution is -2.11. The smallest absolute Gasteiger partial charge is 0.148 e. The van der Waals surface area contributed by atoms with Crippen molar-refractivity contribution in [2.24, 2.45) is 11.8 Å². The van der Waals surface area contributed by atoms with Gasteiger partial charge in [0.05, 0.1) is 11.4 Å². The van der Waals surface area contributed by atoms with E-state index in [4.69, 9.17) is 5.73 Å². The molecule has 1 heterocycles. The number of hydrogen-bond donors (Lipinski definition) is 2. The summed E-state index contributed by atoms with van der Waals surface area (Å²) in [6, 6.07) is 0. The largest absolute Gasteiger partial charge is 0.394 e. The van der Waals surface area contributed by atoms with Crippen LogP contribution in [0.15, 0.2) is 0 Å². The fraction of sp³-hybridized carbons (Fsp3) is 0.750. The first-order chi connectivity index (χ1) is 7.63. The van der Waals surface area contributed by atoms with Crippen LogP contribution in [0, 0.1) is 18.8 Å². The molecule has 2 unspecified atom stereocenters. The molecule has 0 radical (unpaired) electrons. The summed E-state index contributed by atoms with van der Waals surface area (Å²) in [7, 11) is 0. The molecule has 0 bridgehead atoms. The summed E-state index contributed by atoms with van der Waals surface area (Å²) in [5, 5.41) is 7.90. The van der Waals surface area contributed by atoms with Gasteiger partial charge in [0.1, 0.15) is 5.82 Å². The first-order valence-electron chi connectivity index (χ1n) is 6.20. The molecule has 1 aliphatic rings. The van der Waals surface area contributed by atoms with Crippen LogP contribution in [0.3, 0.4) is 0 Å². The van der Waals surface area contributed by atoms with Crippen LogP contribution >= 0.6 is 0 Å². The molecule has 90 valence electrons. The standard InChI is InChI=1S/C12H22N4/c1-4-5-16-12(11(13)9(3)15-16)14-7-10-6-8(10)2/h8,10,14H,4-7,13H2,1-3H3. The summed E-state index contributed by atoms with van der Waals surface area (Å²) < 4.78 is 2.00. The zero-order valence-electron chi connectivity index (χ0n) is 10.5. The highest BCUT2D eigenvalue weighted by molar-refractivity contribution is 5.64. The second kappa shape index (κ2) is 4.36. The van der Waals surface area contributed by atoms with E-state index >= 15 is 0 Å². The Bertz CT molecular complexity index is 369. The van der Waals surface area contributed by atoms with Gasteiger partial charge in [0.2, 0.25) is 0 Å². The van der Waals surface area contributed by atoms with Crippen molar-refractivity contribution in [3.8, 4) is 0 Å². The Hall–Kier alpha value is -1.19. The number of nitrogens with one attached hydrogen (secondary N) is 1. The van der Waals surface area contributed by atoms with Crippen LogP contribution in [0.1, 0.15) is 32.4 Å². The van der Waals surface area contributed by atoms with Gasteiger partial charge in [0.25, 0.3) is 0 Å². The molecule has 2 rings (SSSR count). The Balaban J connectivity index is 2.04. The molecule has 0 aliphatic heterocycles. The van der Waals surface area contributed by atoms with Gasteiger partial charge in [-0.25, -0.2) is 4.68 Å². The Morgan fingerprint density at radius 3 is 2.81 bits per heavy atom. The lowest BCUT2D eigenvalue weighted by Gasteiger charge is -2.09. The SMILES string of the molecule is CCCn1nc(C)c(N)c1NCC1CC1C. The first kappa shape index (κ1) is 11.3. The summed E-state index contributed by atoms with van der Waals surface area (Å²) in [4.78, 5) is 0. The van der Waals surface area contributed by atoms with E-state index in [0.717, 1.165) is 48.5 Å². The summed E-state index contributed by atoms with van der Waals surface area (Å²) in [5.74, 6) is 2.71. The van der Waals surface area contributed by atoms with E-state index < -0.39 is 0 Å². The van der Waals surface area contributed by atoms with Gasteiger partial charge in [0.15, 0.2) is 0 Å². The number of anilines is 2. The minimum atomic E-state index is 0.807. The van der Waals surface area contributed by atoms with Crippen molar-refractivity contribution in [2.75, 3.05) is 17.6 Å². The zero-order chi connectivity index (χ0) is 11.7. The van der Waals surface area contributed by atoms with Crippen LogP contribution in [0.4, 0.5) is 11.5 Å². The average molecular weight is 222 g/mol. The van der Waals surface area contributed by atoms with Gasteiger partial charge in [-0.05, 0) is 31.6 Å². The van der Waals surface area contributed by atoms with Crippen molar-refractivity contribution in [1.82, 2.24) is 9.78 Å². The average Bonchev–Trinajstić information content (AvgIpc) is 2.87. The van der Waals surface area contributed by atoms with Gasteiger partial charge in [-0.3, -0.25) is 0 Å². The monoisotopic (exact) mass is 222 g/mol. The molecule has 16 heavy (non-hydrogen) atoms. The third-order valence-corrected chi connectivity index (χ3v) is 3.42. The van der Waals surface area contributed by atoms with Crippen LogP contribution in [-0.4, -0.2) is 16.3 Å². The summed E-state index contributed by atoms with van der Waals surface area (Å²) in [5.41, 5.74) is 7.77. The van der Waals surface area contributed by atoms with E-state index in [-0.39, 0.29) is 0 Å². The predicted octanol–water partition coefficient (Wildman–Crippen LogP) is 2.25. The molecule has 0 aromatic carbocycles. The molecule has 1 aliphatic carbocycles. The maximum atomic E-state index is 6.03. The fourth-order valence-electron chi connectivity index (χ4n) is 2.07. The number of hydrogen-bond acceptors (Lipinski definition) is 3. The predicted molar refractivity (Wildman–Crippen MR) is 67.4 cm³/mol. The number of aryl methyl sites for hydroxylation is 2. The molecule has 1 saturated carbocycles. The molecule has 1 aromatic heterocycles. The maximum Gasteiger partial charge on any atom is 0.148 e. The van der Waals surface area contributed by atoms with Crippen molar-refractivity contribution in [2.45, 2.75) is 40.2 Å². The Labute approximate surface area is 97.2 Å². The Kier molecular flexibility index (Phi) is 3.08. The number of nitrogens with zero attached hydrogens (tertiary/aromatic N) is 2. The Morgan fingerprint density at radius 1 is 1.56 bits per heavy atom. The molecule has 4 nitrogen and oxygen atoms in total. The van der Waals surface area contributed by atoms with E-state index in [9.17, 15) is 0 Å². The molecule has 4 heteroatoms. The topological polar surface area (TPSA) is 55.9 Å². The van der Waals surface area contributed by atoms with E-state index in [0.29, 0.717) is 0 Å². The highest BCUT2D eigenvalue weighted by atomic mass is 15.3. The molecule has 2 atom stereocenters. The Morgan fingerprint density at radius 2 is 2.25 bits per heavy atom. The van der Waals surface area contributed by atoms with Crippen LogP contribution in [0.25, 0.3) is 0 Å². The van der Waals surface area contributed by atoms with Crippen molar-refractivity contribution < 1.29 is 0 Å². The van der Waals surface area contributed by atoms with Crippen LogP contribution < -0.4 is 11.1 Å². The minimum absolute atomic E-state index is 0.807. The summed E-state index contributed by atoms with van der Waals surface area (Å²) in [6.07, 6.45) is 2.42. The summed E-state index contributed by atoms with van der Waals surface area (Å²) >= 11 is 0. The zero-order valence-corrected chi connectivity index (χ0v) is 10.5. The lowest BCUT2D eigenvalue weighted by atomic mass is 10.3. The second-order valence-electron chi connectivity index (χ2n) is 4.92. The van der Waals surface area contributed by atoms with Gasteiger partial charge in [0, 0.05) is 13.1 Å². The molecule has 0 saturated heterocycles. The van der Waals surface area contributed by atoms with Gasteiger partial charge in [-0.15, -0.1) is 0 Å². The first-order valence-corrected chi connectivity index (χ1v) is 6.20. The van der Waals surface area contributed by atoms with Gasteiger partial charge in [-0.2, -0.15) is 5.10 Å². The number of nitrogen functional groups attached to an aromatic ring is 1. The molecule has 0 spiro atoms. The highest BCUT2D eigenvalue weighted by Crippen LogP contribution is 2.38. The van der Waals surface area contributed by atoms with Crippen molar-refractivity contribution >= 4 is 11.5 Å². The van der Waals surface area contributed by atoms with Crippen LogP contribution in [0.2, 0.25) is 0 Å². The normalized spacial score (nSPS) is 23.4. The highest BCUT2D eigenvalue weighted by Gasteiger charge is 2.32. The molecular weight excluding hydrogens is 200 g/mol. The van der Waals surface area contributed by atoms with Crippen molar-refractivity contribution in [3.05, 3.63) is 5.69 Å². The maximum absolute atomic E-state index is 6.03. The molecule has 0 amide bonds.